The first-order chi connectivity index (χ1) is 13.9. The number of hydrogen-bond acceptors (Lipinski definition) is 5. The molecule has 0 unspecified atom stereocenters. The molecule has 1 aliphatic heterocycles. The fourth-order valence-corrected chi connectivity index (χ4v) is 3.67. The third-order valence-electron chi connectivity index (χ3n) is 5.46. The van der Waals surface area contributed by atoms with Crippen molar-refractivity contribution < 1.29 is 14.3 Å². The van der Waals surface area contributed by atoms with E-state index in [1.165, 1.54) is 7.11 Å². The normalized spacial score (nSPS) is 16.1. The summed E-state index contributed by atoms with van der Waals surface area (Å²) in [6.07, 6.45) is 0.561. The maximum atomic E-state index is 12.9. The fourth-order valence-electron chi connectivity index (χ4n) is 3.67. The molecule has 0 fully saturated rings. The van der Waals surface area contributed by atoms with Gasteiger partial charge in [-0.1, -0.05) is 36.4 Å². The number of rotatable bonds is 6. The van der Waals surface area contributed by atoms with Crippen LogP contribution in [-0.4, -0.2) is 62.5 Å². The predicted octanol–water partition coefficient (Wildman–Crippen LogP) is 2.31. The minimum Gasteiger partial charge on any atom is -0.468 e. The fraction of sp³-hybridized carbons (Fsp3) is 0.391. The molecular weight excluding hydrogens is 366 g/mol. The van der Waals surface area contributed by atoms with Gasteiger partial charge < -0.3 is 14.5 Å². The molecular formula is C23H29N3O3. The van der Waals surface area contributed by atoms with Crippen molar-refractivity contribution in [1.29, 1.82) is 0 Å². The van der Waals surface area contributed by atoms with Crippen LogP contribution in [0.15, 0.2) is 48.5 Å². The molecule has 3 rings (SSSR count). The molecule has 1 atom stereocenters. The number of methoxy groups -OCH3 is 1. The molecule has 0 aromatic heterocycles. The molecule has 1 aliphatic rings. The van der Waals surface area contributed by atoms with Gasteiger partial charge >= 0.3 is 5.97 Å². The van der Waals surface area contributed by atoms with Gasteiger partial charge in [0, 0.05) is 39.9 Å². The van der Waals surface area contributed by atoms with Crippen LogP contribution in [-0.2, 0) is 33.8 Å². The molecule has 0 bridgehead atoms. The van der Waals surface area contributed by atoms with E-state index in [1.807, 2.05) is 66.4 Å². The van der Waals surface area contributed by atoms with Gasteiger partial charge in [-0.15, -0.1) is 0 Å². The SMILES string of the molecule is COC(=O)[C@@H]1Cc2ccccc2CN1CC(=O)N(C)Cc1ccc(N(C)C)cc1. The zero-order valence-corrected chi connectivity index (χ0v) is 17.6. The number of carbonyl (C=O) groups is 2. The van der Waals surface area contributed by atoms with Crippen LogP contribution < -0.4 is 4.90 Å². The highest BCUT2D eigenvalue weighted by molar-refractivity contribution is 5.81. The predicted molar refractivity (Wildman–Crippen MR) is 114 cm³/mol. The first-order valence-electron chi connectivity index (χ1n) is 9.78. The number of anilines is 1. The molecule has 29 heavy (non-hydrogen) atoms. The molecule has 2 aromatic carbocycles. The van der Waals surface area contributed by atoms with E-state index in [0.717, 1.165) is 22.4 Å². The summed E-state index contributed by atoms with van der Waals surface area (Å²) in [4.78, 5) is 30.9. The Morgan fingerprint density at radius 3 is 2.31 bits per heavy atom. The van der Waals surface area contributed by atoms with Gasteiger partial charge in [-0.3, -0.25) is 14.5 Å². The Bertz CT molecular complexity index is 864. The van der Waals surface area contributed by atoms with Gasteiger partial charge in [-0.05, 0) is 35.2 Å². The number of ether oxygens (including phenoxy) is 1. The van der Waals surface area contributed by atoms with Crippen LogP contribution in [0.25, 0.3) is 0 Å². The van der Waals surface area contributed by atoms with E-state index in [9.17, 15) is 9.59 Å². The smallest absolute Gasteiger partial charge is 0.323 e. The summed E-state index contributed by atoms with van der Waals surface area (Å²) in [5, 5.41) is 0. The lowest BCUT2D eigenvalue weighted by molar-refractivity contribution is -0.149. The summed E-state index contributed by atoms with van der Waals surface area (Å²) >= 11 is 0. The molecule has 6 heteroatoms. The quantitative estimate of drug-likeness (QED) is 0.703. The van der Waals surface area contributed by atoms with Crippen LogP contribution in [0, 0.1) is 0 Å². The van der Waals surface area contributed by atoms with Gasteiger partial charge in [-0.25, -0.2) is 0 Å². The second-order valence-corrected chi connectivity index (χ2v) is 7.73. The van der Waals surface area contributed by atoms with Crippen LogP contribution in [0.5, 0.6) is 0 Å². The van der Waals surface area contributed by atoms with Gasteiger partial charge in [0.25, 0.3) is 0 Å². The monoisotopic (exact) mass is 395 g/mol. The largest absolute Gasteiger partial charge is 0.468 e. The van der Waals surface area contributed by atoms with Crippen LogP contribution in [0.1, 0.15) is 16.7 Å². The lowest BCUT2D eigenvalue weighted by atomic mass is 9.94. The lowest BCUT2D eigenvalue weighted by Gasteiger charge is -2.35. The van der Waals surface area contributed by atoms with Crippen LogP contribution in [0.2, 0.25) is 0 Å². The Morgan fingerprint density at radius 1 is 1.03 bits per heavy atom. The number of hydrogen-bond donors (Lipinski definition) is 0. The molecule has 0 N–H and O–H groups in total. The lowest BCUT2D eigenvalue weighted by Crippen LogP contribution is -2.50. The van der Waals surface area contributed by atoms with Crippen molar-refractivity contribution in [2.24, 2.45) is 0 Å². The summed E-state index contributed by atoms with van der Waals surface area (Å²) in [7, 11) is 7.19. The first-order valence-corrected chi connectivity index (χ1v) is 9.78. The van der Waals surface area contributed by atoms with E-state index in [-0.39, 0.29) is 18.4 Å². The molecule has 2 aromatic rings. The minimum atomic E-state index is -0.438. The number of benzene rings is 2. The highest BCUT2D eigenvalue weighted by atomic mass is 16.5. The van der Waals surface area contributed by atoms with Crippen molar-refractivity contribution in [2.75, 3.05) is 39.7 Å². The molecule has 154 valence electrons. The molecule has 1 heterocycles. The molecule has 0 saturated carbocycles. The second kappa shape index (κ2) is 9.09. The Hall–Kier alpha value is -2.86. The topological polar surface area (TPSA) is 53.1 Å². The van der Waals surface area contributed by atoms with E-state index in [0.29, 0.717) is 19.5 Å². The maximum absolute atomic E-state index is 12.9. The Balaban J connectivity index is 1.67. The van der Waals surface area contributed by atoms with Crippen LogP contribution in [0.3, 0.4) is 0 Å². The zero-order valence-electron chi connectivity index (χ0n) is 17.6. The summed E-state index contributed by atoms with van der Waals surface area (Å²) < 4.78 is 4.99. The highest BCUT2D eigenvalue weighted by Crippen LogP contribution is 2.24. The highest BCUT2D eigenvalue weighted by Gasteiger charge is 2.33. The third kappa shape index (κ3) is 4.95. The van der Waals surface area contributed by atoms with E-state index < -0.39 is 6.04 Å². The number of esters is 1. The van der Waals surface area contributed by atoms with Crippen molar-refractivity contribution in [3.63, 3.8) is 0 Å². The van der Waals surface area contributed by atoms with Crippen molar-refractivity contribution >= 4 is 17.6 Å². The van der Waals surface area contributed by atoms with E-state index in [2.05, 4.69) is 6.07 Å². The van der Waals surface area contributed by atoms with E-state index in [4.69, 9.17) is 4.74 Å². The van der Waals surface area contributed by atoms with E-state index >= 15 is 0 Å². The average molecular weight is 396 g/mol. The Morgan fingerprint density at radius 2 is 1.69 bits per heavy atom. The molecule has 0 spiro atoms. The Labute approximate surface area is 172 Å². The number of amides is 1. The molecule has 1 amide bonds. The Kier molecular flexibility index (Phi) is 6.54. The molecule has 0 radical (unpaired) electrons. The zero-order chi connectivity index (χ0) is 21.0. The van der Waals surface area contributed by atoms with Crippen molar-refractivity contribution in [3.8, 4) is 0 Å². The van der Waals surface area contributed by atoms with Crippen LogP contribution in [0.4, 0.5) is 5.69 Å². The molecule has 0 aliphatic carbocycles. The van der Waals surface area contributed by atoms with Gasteiger partial charge in [-0.2, -0.15) is 0 Å². The minimum absolute atomic E-state index is 0.0185. The van der Waals surface area contributed by atoms with Gasteiger partial charge in [0.15, 0.2) is 0 Å². The average Bonchev–Trinajstić information content (AvgIpc) is 2.73. The number of likely N-dealkylation sites (N-methyl/N-ethyl adjacent to an activating group) is 1. The summed E-state index contributed by atoms with van der Waals surface area (Å²) in [5.74, 6) is -0.316. The van der Waals surface area contributed by atoms with Gasteiger partial charge in [0.1, 0.15) is 6.04 Å². The third-order valence-corrected chi connectivity index (χ3v) is 5.46. The van der Waals surface area contributed by atoms with Crippen molar-refractivity contribution in [1.82, 2.24) is 9.80 Å². The van der Waals surface area contributed by atoms with Gasteiger partial charge in [0.05, 0.1) is 13.7 Å². The summed E-state index contributed by atoms with van der Waals surface area (Å²) in [5.41, 5.74) is 4.49. The summed E-state index contributed by atoms with van der Waals surface area (Å²) in [6.45, 7) is 1.27. The van der Waals surface area contributed by atoms with Crippen LogP contribution >= 0.6 is 0 Å². The summed E-state index contributed by atoms with van der Waals surface area (Å²) in [6, 6.07) is 15.8. The maximum Gasteiger partial charge on any atom is 0.323 e. The van der Waals surface area contributed by atoms with Crippen molar-refractivity contribution in [2.45, 2.75) is 25.6 Å². The molecule has 0 saturated heterocycles. The number of fused-ring (bicyclic) bond motifs is 1. The molecule has 6 nitrogen and oxygen atoms in total. The second-order valence-electron chi connectivity index (χ2n) is 7.73. The first kappa shape index (κ1) is 20.9. The van der Waals surface area contributed by atoms with Crippen molar-refractivity contribution in [3.05, 3.63) is 65.2 Å². The van der Waals surface area contributed by atoms with Gasteiger partial charge in [0.2, 0.25) is 5.91 Å². The standard InChI is InChI=1S/C23H29N3O3/c1-24(2)20-11-9-17(10-12-20)14-25(3)22(27)16-26-15-19-8-6-5-7-18(19)13-21(26)23(28)29-4/h5-12,21H,13-16H2,1-4H3/t21-/m0/s1. The van der Waals surface area contributed by atoms with E-state index in [1.54, 1.807) is 11.9 Å². The number of nitrogens with zero attached hydrogens (tertiary/aromatic N) is 3. The number of carbonyl (C=O) groups excluding carboxylic acids is 2.